The van der Waals surface area contributed by atoms with E-state index in [9.17, 15) is 4.79 Å². The van der Waals surface area contributed by atoms with E-state index in [1.165, 1.54) is 12.8 Å². The van der Waals surface area contributed by atoms with Crippen molar-refractivity contribution in [3.63, 3.8) is 0 Å². The van der Waals surface area contributed by atoms with Gasteiger partial charge in [0.2, 0.25) is 5.91 Å². The molecule has 16 heavy (non-hydrogen) atoms. The number of hydrogen-bond donors (Lipinski definition) is 1. The lowest BCUT2D eigenvalue weighted by Gasteiger charge is -2.31. The highest BCUT2D eigenvalue weighted by atomic mass is 16.2. The van der Waals surface area contributed by atoms with Crippen LogP contribution in [0.25, 0.3) is 0 Å². The van der Waals surface area contributed by atoms with Crippen molar-refractivity contribution in [2.45, 2.75) is 38.8 Å². The van der Waals surface area contributed by atoms with E-state index in [1.807, 2.05) is 21.0 Å². The van der Waals surface area contributed by atoms with Gasteiger partial charge in [-0.05, 0) is 32.9 Å². The van der Waals surface area contributed by atoms with E-state index in [4.69, 9.17) is 0 Å². The van der Waals surface area contributed by atoms with Gasteiger partial charge < -0.3 is 10.2 Å². The van der Waals surface area contributed by atoms with Crippen LogP contribution in [0, 0.1) is 0 Å². The maximum absolute atomic E-state index is 11.9. The Kier molecular flexibility index (Phi) is 5.22. The minimum absolute atomic E-state index is 0.0117. The van der Waals surface area contributed by atoms with Crippen LogP contribution in [0.4, 0.5) is 0 Å². The largest absolute Gasteiger partial charge is 0.347 e. The Morgan fingerprint density at radius 1 is 1.50 bits per heavy atom. The minimum atomic E-state index is -0.0117. The Hall–Kier alpha value is -0.610. The highest BCUT2D eigenvalue weighted by molar-refractivity contribution is 5.80. The maximum Gasteiger partial charge on any atom is 0.239 e. The molecule has 0 aromatic carbocycles. The van der Waals surface area contributed by atoms with Gasteiger partial charge in [0.1, 0.15) is 0 Å². The fourth-order valence-corrected chi connectivity index (χ4v) is 2.29. The predicted octanol–water partition coefficient (Wildman–Crippen LogP) is 0.537. The third-order valence-corrected chi connectivity index (χ3v) is 3.37. The molecule has 4 heteroatoms. The quantitative estimate of drug-likeness (QED) is 0.744. The molecule has 0 radical (unpaired) electrons. The monoisotopic (exact) mass is 227 g/mol. The zero-order valence-electron chi connectivity index (χ0n) is 11.0. The third kappa shape index (κ3) is 3.46. The number of likely N-dealkylation sites (N-methyl/N-ethyl adjacent to an activating group) is 2. The number of hydrogen-bond acceptors (Lipinski definition) is 3. The first-order valence-corrected chi connectivity index (χ1v) is 6.24. The lowest BCUT2D eigenvalue weighted by molar-refractivity contribution is -0.133. The van der Waals surface area contributed by atoms with Crippen LogP contribution in [-0.2, 0) is 4.79 Å². The lowest BCUT2D eigenvalue weighted by atomic mass is 10.1. The molecule has 0 spiro atoms. The fourth-order valence-electron chi connectivity index (χ4n) is 2.29. The molecule has 4 nitrogen and oxygen atoms in total. The van der Waals surface area contributed by atoms with Crippen molar-refractivity contribution in [2.24, 2.45) is 0 Å². The van der Waals surface area contributed by atoms with Gasteiger partial charge in [-0.15, -0.1) is 0 Å². The van der Waals surface area contributed by atoms with Gasteiger partial charge in [0.15, 0.2) is 0 Å². The number of carbonyl (C=O) groups is 1. The summed E-state index contributed by atoms with van der Waals surface area (Å²) in [4.78, 5) is 15.8. The van der Waals surface area contributed by atoms with E-state index < -0.39 is 0 Å². The van der Waals surface area contributed by atoms with Crippen LogP contribution in [0.15, 0.2) is 0 Å². The van der Waals surface area contributed by atoms with E-state index in [2.05, 4.69) is 17.1 Å². The molecule has 1 aliphatic rings. The number of amides is 1. The SMILES string of the molecule is CCN(CC1CCCN1)C(C)C(=O)N(C)C. The summed E-state index contributed by atoms with van der Waals surface area (Å²) in [6.45, 7) is 7.16. The summed E-state index contributed by atoms with van der Waals surface area (Å²) < 4.78 is 0. The molecule has 1 heterocycles. The summed E-state index contributed by atoms with van der Waals surface area (Å²) in [7, 11) is 3.64. The summed E-state index contributed by atoms with van der Waals surface area (Å²) in [5.74, 6) is 0.194. The molecule has 1 N–H and O–H groups in total. The van der Waals surface area contributed by atoms with E-state index in [0.717, 1.165) is 19.6 Å². The average molecular weight is 227 g/mol. The molecule has 1 amide bonds. The Balaban J connectivity index is 2.48. The normalized spacial score (nSPS) is 22.4. The Morgan fingerprint density at radius 3 is 2.62 bits per heavy atom. The summed E-state index contributed by atoms with van der Waals surface area (Å²) in [5, 5.41) is 3.48. The Bertz CT molecular complexity index is 224. The molecule has 0 saturated carbocycles. The number of nitrogens with zero attached hydrogens (tertiary/aromatic N) is 2. The van der Waals surface area contributed by atoms with E-state index >= 15 is 0 Å². The van der Waals surface area contributed by atoms with Gasteiger partial charge in [0, 0.05) is 26.7 Å². The first-order chi connectivity index (χ1) is 7.56. The molecule has 2 unspecified atom stereocenters. The Labute approximate surface area is 99.0 Å². The van der Waals surface area contributed by atoms with Crippen LogP contribution < -0.4 is 5.32 Å². The highest BCUT2D eigenvalue weighted by Crippen LogP contribution is 2.10. The summed E-state index contributed by atoms with van der Waals surface area (Å²) >= 11 is 0. The van der Waals surface area contributed by atoms with Crippen molar-refractivity contribution in [3.05, 3.63) is 0 Å². The van der Waals surface area contributed by atoms with E-state index in [0.29, 0.717) is 6.04 Å². The van der Waals surface area contributed by atoms with Crippen LogP contribution >= 0.6 is 0 Å². The number of rotatable bonds is 5. The summed E-state index contributed by atoms with van der Waals surface area (Å²) in [6, 6.07) is 0.555. The molecular weight excluding hydrogens is 202 g/mol. The van der Waals surface area contributed by atoms with Gasteiger partial charge in [-0.3, -0.25) is 9.69 Å². The second-order valence-corrected chi connectivity index (χ2v) is 4.79. The minimum Gasteiger partial charge on any atom is -0.347 e. The zero-order chi connectivity index (χ0) is 12.1. The van der Waals surface area contributed by atoms with Gasteiger partial charge in [0.25, 0.3) is 0 Å². The van der Waals surface area contributed by atoms with Crippen molar-refractivity contribution in [2.75, 3.05) is 33.7 Å². The molecule has 0 aliphatic carbocycles. The fraction of sp³-hybridized carbons (Fsp3) is 0.917. The van der Waals surface area contributed by atoms with Gasteiger partial charge in [-0.1, -0.05) is 6.92 Å². The van der Waals surface area contributed by atoms with E-state index in [-0.39, 0.29) is 11.9 Å². The molecule has 1 rings (SSSR count). The molecule has 94 valence electrons. The molecule has 0 aromatic rings. The van der Waals surface area contributed by atoms with Gasteiger partial charge in [0.05, 0.1) is 6.04 Å². The van der Waals surface area contributed by atoms with Crippen LogP contribution in [0.2, 0.25) is 0 Å². The van der Waals surface area contributed by atoms with Crippen LogP contribution in [0.1, 0.15) is 26.7 Å². The van der Waals surface area contributed by atoms with Crippen molar-refractivity contribution in [3.8, 4) is 0 Å². The van der Waals surface area contributed by atoms with Crippen LogP contribution in [-0.4, -0.2) is 61.5 Å². The molecule has 0 aromatic heterocycles. The van der Waals surface area contributed by atoms with Gasteiger partial charge in [-0.2, -0.15) is 0 Å². The van der Waals surface area contributed by atoms with Crippen molar-refractivity contribution in [1.29, 1.82) is 0 Å². The predicted molar refractivity (Wildman–Crippen MR) is 66.4 cm³/mol. The second kappa shape index (κ2) is 6.21. The third-order valence-electron chi connectivity index (χ3n) is 3.37. The summed E-state index contributed by atoms with van der Waals surface area (Å²) in [6.07, 6.45) is 2.50. The molecular formula is C12H25N3O. The first kappa shape index (κ1) is 13.5. The average Bonchev–Trinajstić information content (AvgIpc) is 2.76. The molecule has 1 aliphatic heterocycles. The van der Waals surface area contributed by atoms with Gasteiger partial charge >= 0.3 is 0 Å². The van der Waals surface area contributed by atoms with Crippen molar-refractivity contribution < 1.29 is 4.79 Å². The number of nitrogens with one attached hydrogen (secondary N) is 1. The van der Waals surface area contributed by atoms with Crippen molar-refractivity contribution >= 4 is 5.91 Å². The molecule has 1 fully saturated rings. The molecule has 1 saturated heterocycles. The standard InChI is InChI=1S/C12H25N3O/c1-5-15(9-11-7-6-8-13-11)10(2)12(16)14(3)4/h10-11,13H,5-9H2,1-4H3. The molecule has 0 bridgehead atoms. The second-order valence-electron chi connectivity index (χ2n) is 4.79. The van der Waals surface area contributed by atoms with Crippen LogP contribution in [0.3, 0.4) is 0 Å². The number of carbonyl (C=O) groups excluding carboxylic acids is 1. The van der Waals surface area contributed by atoms with Crippen LogP contribution in [0.5, 0.6) is 0 Å². The maximum atomic E-state index is 11.9. The van der Waals surface area contributed by atoms with Crippen molar-refractivity contribution in [1.82, 2.24) is 15.1 Å². The summed E-state index contributed by atoms with van der Waals surface area (Å²) in [5.41, 5.74) is 0. The highest BCUT2D eigenvalue weighted by Gasteiger charge is 2.25. The topological polar surface area (TPSA) is 35.6 Å². The van der Waals surface area contributed by atoms with E-state index in [1.54, 1.807) is 4.90 Å². The first-order valence-electron chi connectivity index (χ1n) is 6.24. The smallest absolute Gasteiger partial charge is 0.239 e. The lowest BCUT2D eigenvalue weighted by Crippen LogP contribution is -2.48. The Morgan fingerprint density at radius 2 is 2.19 bits per heavy atom. The molecule has 2 atom stereocenters. The zero-order valence-corrected chi connectivity index (χ0v) is 11.0. The van der Waals surface area contributed by atoms with Gasteiger partial charge in [-0.25, -0.2) is 0 Å².